The second kappa shape index (κ2) is 9.96. The number of hydrogen-bond donors (Lipinski definition) is 2. The van der Waals surface area contributed by atoms with E-state index in [1.807, 2.05) is 18.2 Å². The summed E-state index contributed by atoms with van der Waals surface area (Å²) in [6.07, 6.45) is 3.31. The Bertz CT molecular complexity index is 1430. The third-order valence-corrected chi connectivity index (χ3v) is 6.58. The van der Waals surface area contributed by atoms with E-state index in [4.69, 9.17) is 16.3 Å². The van der Waals surface area contributed by atoms with Gasteiger partial charge in [-0.05, 0) is 49.4 Å². The summed E-state index contributed by atoms with van der Waals surface area (Å²) in [6, 6.07) is 10.00. The first-order valence-corrected chi connectivity index (χ1v) is 12.0. The average Bonchev–Trinajstić information content (AvgIpc) is 3.30. The van der Waals surface area contributed by atoms with Gasteiger partial charge in [0, 0.05) is 27.5 Å². The molecule has 0 spiro atoms. The maximum absolute atomic E-state index is 12.6. The van der Waals surface area contributed by atoms with Gasteiger partial charge < -0.3 is 15.2 Å². The Kier molecular flexibility index (Phi) is 7.01. The molecule has 0 fully saturated rings. The largest absolute Gasteiger partial charge is 0.493 e. The normalized spacial score (nSPS) is 13.2. The molecule has 0 bridgehead atoms. The molecular formula is C23H17BrClN3O5S. The van der Waals surface area contributed by atoms with Crippen molar-refractivity contribution in [1.29, 1.82) is 0 Å². The number of aromatic hydroxyl groups is 1. The number of esters is 1. The number of hydrogen-bond acceptors (Lipinski definition) is 7. The number of nitrogens with zero attached hydrogens (tertiary/aromatic N) is 2. The number of benzene rings is 2. The Labute approximate surface area is 211 Å². The number of rotatable bonds is 6. The van der Waals surface area contributed by atoms with E-state index in [1.54, 1.807) is 19.2 Å². The Morgan fingerprint density at radius 2 is 2.09 bits per heavy atom. The maximum atomic E-state index is 12.6. The molecule has 174 valence electrons. The molecule has 0 radical (unpaired) electrons. The lowest BCUT2D eigenvalue weighted by atomic mass is 10.1. The molecule has 0 saturated heterocycles. The average molecular weight is 563 g/mol. The monoisotopic (exact) mass is 561 g/mol. The molecule has 1 aromatic heterocycles. The van der Waals surface area contributed by atoms with E-state index >= 15 is 0 Å². The van der Waals surface area contributed by atoms with E-state index in [1.165, 1.54) is 18.2 Å². The van der Waals surface area contributed by atoms with Crippen molar-refractivity contribution in [3.8, 4) is 5.88 Å². The van der Waals surface area contributed by atoms with Crippen molar-refractivity contribution in [1.82, 2.24) is 4.57 Å². The van der Waals surface area contributed by atoms with Gasteiger partial charge in [0.05, 0.1) is 27.8 Å². The van der Waals surface area contributed by atoms with Crippen LogP contribution in [0.3, 0.4) is 0 Å². The van der Waals surface area contributed by atoms with Crippen LogP contribution in [-0.2, 0) is 16.1 Å². The van der Waals surface area contributed by atoms with E-state index in [2.05, 4.69) is 26.2 Å². The first-order valence-electron chi connectivity index (χ1n) is 10.0. The zero-order valence-electron chi connectivity index (χ0n) is 17.7. The van der Waals surface area contributed by atoms with Crippen molar-refractivity contribution in [2.75, 3.05) is 11.9 Å². The summed E-state index contributed by atoms with van der Waals surface area (Å²) in [6.45, 7) is 1.43. The van der Waals surface area contributed by atoms with Crippen LogP contribution in [0, 0.1) is 0 Å². The van der Waals surface area contributed by atoms with Gasteiger partial charge in [-0.15, -0.1) is 0 Å². The van der Waals surface area contributed by atoms with Crippen molar-refractivity contribution < 1.29 is 19.4 Å². The number of nitrogens with one attached hydrogen (secondary N) is 1. The molecule has 34 heavy (non-hydrogen) atoms. The van der Waals surface area contributed by atoms with Crippen molar-refractivity contribution in [2.45, 2.75) is 13.5 Å². The standard InChI is InChI=1S/C23H17BrClN3O5S/c1-2-33-22(31)16-9-14(4-5-17(16)25)27-20(29)11-28-21(30)19(34-23(28)32)7-12-10-26-18-6-3-13(24)8-15(12)18/h3-10,30H,2,11H2,1H3,(H,27,29). The fourth-order valence-corrected chi connectivity index (χ4v) is 4.67. The molecule has 1 amide bonds. The van der Waals surface area contributed by atoms with Gasteiger partial charge in [-0.3, -0.25) is 19.1 Å². The number of ether oxygens (including phenoxy) is 1. The van der Waals surface area contributed by atoms with Gasteiger partial charge in [0.2, 0.25) is 11.8 Å². The lowest BCUT2D eigenvalue weighted by Crippen LogP contribution is -2.24. The third-order valence-electron chi connectivity index (χ3n) is 4.84. The van der Waals surface area contributed by atoms with Gasteiger partial charge in [0.15, 0.2) is 0 Å². The van der Waals surface area contributed by atoms with E-state index < -0.39 is 23.3 Å². The minimum Gasteiger partial charge on any atom is -0.493 e. The number of carbonyl (C=O) groups is 2. The number of aliphatic imine (C=N–C) groups is 1. The molecule has 8 nitrogen and oxygen atoms in total. The third kappa shape index (κ3) is 4.98. The van der Waals surface area contributed by atoms with Crippen molar-refractivity contribution in [2.24, 2.45) is 4.99 Å². The highest BCUT2D eigenvalue weighted by Gasteiger charge is 2.19. The fourth-order valence-electron chi connectivity index (χ4n) is 3.28. The molecule has 1 aliphatic rings. The van der Waals surface area contributed by atoms with Crippen LogP contribution in [-0.4, -0.2) is 34.4 Å². The smallest absolute Gasteiger partial charge is 0.339 e. The highest BCUT2D eigenvalue weighted by molar-refractivity contribution is 9.10. The summed E-state index contributed by atoms with van der Waals surface area (Å²) < 4.78 is 6.80. The maximum Gasteiger partial charge on any atom is 0.339 e. The van der Waals surface area contributed by atoms with E-state index in [-0.39, 0.29) is 23.1 Å². The topological polar surface area (TPSA) is 110 Å². The Morgan fingerprint density at radius 1 is 1.29 bits per heavy atom. The van der Waals surface area contributed by atoms with Crippen LogP contribution in [0.4, 0.5) is 11.4 Å². The number of aromatic nitrogens is 1. The van der Waals surface area contributed by atoms with E-state index in [9.17, 15) is 19.5 Å². The summed E-state index contributed by atoms with van der Waals surface area (Å²) >= 11 is 10.3. The van der Waals surface area contributed by atoms with Crippen LogP contribution < -0.4 is 10.2 Å². The van der Waals surface area contributed by atoms with Gasteiger partial charge in [-0.25, -0.2) is 4.79 Å². The van der Waals surface area contributed by atoms with Crippen LogP contribution in [0.2, 0.25) is 5.02 Å². The molecule has 2 N–H and O–H groups in total. The van der Waals surface area contributed by atoms with Crippen LogP contribution in [0.15, 0.2) is 50.7 Å². The van der Waals surface area contributed by atoms with Gasteiger partial charge in [0.25, 0.3) is 0 Å². The fraction of sp³-hybridized carbons (Fsp3) is 0.130. The number of fused-ring (bicyclic) bond motifs is 1. The molecule has 0 atom stereocenters. The van der Waals surface area contributed by atoms with Crippen molar-refractivity contribution in [3.05, 3.63) is 71.6 Å². The molecule has 2 heterocycles. The quantitative estimate of drug-likeness (QED) is 0.406. The molecule has 0 saturated carbocycles. The molecule has 0 unspecified atom stereocenters. The predicted octanol–water partition coefficient (Wildman–Crippen LogP) is 5.10. The van der Waals surface area contributed by atoms with Crippen LogP contribution in [0.1, 0.15) is 27.7 Å². The molecule has 11 heteroatoms. The Balaban J connectivity index is 1.53. The van der Waals surface area contributed by atoms with E-state index in [0.29, 0.717) is 10.6 Å². The SMILES string of the molecule is CCOC(=O)c1cc(NC(=O)Cn2c(O)c(C=C3C=Nc4ccc(Br)cc43)sc2=O)ccc1Cl. The zero-order valence-corrected chi connectivity index (χ0v) is 20.8. The summed E-state index contributed by atoms with van der Waals surface area (Å²) in [7, 11) is 0. The summed E-state index contributed by atoms with van der Waals surface area (Å²) in [5, 5.41) is 13.4. The van der Waals surface area contributed by atoms with Crippen molar-refractivity contribution >= 4 is 80.0 Å². The second-order valence-electron chi connectivity index (χ2n) is 7.12. The lowest BCUT2D eigenvalue weighted by Gasteiger charge is -2.09. The van der Waals surface area contributed by atoms with E-state index in [0.717, 1.165) is 37.2 Å². The number of anilines is 1. The molecule has 3 aromatic rings. The minimum absolute atomic E-state index is 0.107. The first-order chi connectivity index (χ1) is 16.3. The van der Waals surface area contributed by atoms with Gasteiger partial charge in [0.1, 0.15) is 6.54 Å². The number of allylic oxidation sites excluding steroid dienone is 1. The summed E-state index contributed by atoms with van der Waals surface area (Å²) in [5.41, 5.74) is 2.78. The lowest BCUT2D eigenvalue weighted by molar-refractivity contribution is -0.116. The van der Waals surface area contributed by atoms with Crippen molar-refractivity contribution in [3.63, 3.8) is 0 Å². The number of carbonyl (C=O) groups excluding carboxylic acids is 2. The molecule has 1 aliphatic heterocycles. The van der Waals surface area contributed by atoms with Gasteiger partial charge >= 0.3 is 10.8 Å². The number of thiazole rings is 1. The second-order valence-corrected chi connectivity index (χ2v) is 9.44. The molecular weight excluding hydrogens is 546 g/mol. The summed E-state index contributed by atoms with van der Waals surface area (Å²) in [5.74, 6) is -1.50. The van der Waals surface area contributed by atoms with Crippen LogP contribution in [0.5, 0.6) is 5.88 Å². The van der Waals surface area contributed by atoms with Crippen LogP contribution >= 0.6 is 38.9 Å². The predicted molar refractivity (Wildman–Crippen MR) is 136 cm³/mol. The first kappa shape index (κ1) is 23.9. The molecule has 2 aromatic carbocycles. The molecule has 0 aliphatic carbocycles. The van der Waals surface area contributed by atoms with Gasteiger partial charge in [-0.2, -0.15) is 0 Å². The number of halogens is 2. The zero-order chi connectivity index (χ0) is 24.4. The molecule has 4 rings (SSSR count). The Morgan fingerprint density at radius 3 is 2.85 bits per heavy atom. The van der Waals surface area contributed by atoms with Crippen LogP contribution in [0.25, 0.3) is 11.6 Å². The number of amides is 1. The minimum atomic E-state index is -0.614. The van der Waals surface area contributed by atoms with Gasteiger partial charge in [-0.1, -0.05) is 38.9 Å². The highest BCUT2D eigenvalue weighted by atomic mass is 79.9. The Hall–Kier alpha value is -3.21. The highest BCUT2D eigenvalue weighted by Crippen LogP contribution is 2.36. The summed E-state index contributed by atoms with van der Waals surface area (Å²) in [4.78, 5) is 41.2.